The number of nitrogens with one attached hydrogen (secondary N) is 1. The Morgan fingerprint density at radius 3 is 2.68 bits per heavy atom. The van der Waals surface area contributed by atoms with Gasteiger partial charge in [-0.25, -0.2) is 12.7 Å². The maximum atomic E-state index is 12.2. The lowest BCUT2D eigenvalue weighted by Gasteiger charge is -2.16. The largest absolute Gasteiger partial charge is 0.495 e. The van der Waals surface area contributed by atoms with Gasteiger partial charge in [0, 0.05) is 20.7 Å². The molecule has 1 aromatic rings. The van der Waals surface area contributed by atoms with E-state index < -0.39 is 16.1 Å². The minimum atomic E-state index is -3.58. The summed E-state index contributed by atoms with van der Waals surface area (Å²) < 4.78 is 35.9. The molecule has 0 unspecified atom stereocenters. The van der Waals surface area contributed by atoms with Crippen LogP contribution in [0.5, 0.6) is 5.75 Å². The Hall–Kier alpha value is -1.64. The lowest BCUT2D eigenvalue weighted by atomic mass is 10.2. The highest BCUT2D eigenvalue weighted by Crippen LogP contribution is 2.29. The van der Waals surface area contributed by atoms with Gasteiger partial charge in [-0.05, 0) is 31.0 Å². The number of amides is 1. The number of ether oxygens (including phenoxy) is 2. The molecule has 1 N–H and O–H groups in total. The van der Waals surface area contributed by atoms with Crippen molar-refractivity contribution < 1.29 is 22.7 Å². The van der Waals surface area contributed by atoms with Crippen LogP contribution in [0.3, 0.4) is 0 Å². The summed E-state index contributed by atoms with van der Waals surface area (Å²) in [6.07, 6.45) is 0.993. The van der Waals surface area contributed by atoms with Crippen molar-refractivity contribution in [3.8, 4) is 5.75 Å². The van der Waals surface area contributed by atoms with Gasteiger partial charge in [0.25, 0.3) is 5.91 Å². The van der Waals surface area contributed by atoms with E-state index in [1.807, 2.05) is 0 Å². The molecular formula is C14H20N2O5S. The number of sulfonamides is 1. The maximum Gasteiger partial charge on any atom is 0.253 e. The average molecular weight is 328 g/mol. The van der Waals surface area contributed by atoms with Crippen molar-refractivity contribution in [2.75, 3.05) is 33.1 Å². The van der Waals surface area contributed by atoms with Gasteiger partial charge < -0.3 is 14.8 Å². The van der Waals surface area contributed by atoms with Crippen molar-refractivity contribution in [3.05, 3.63) is 18.2 Å². The zero-order chi connectivity index (χ0) is 16.3. The van der Waals surface area contributed by atoms with E-state index in [1.54, 1.807) is 0 Å². The molecule has 122 valence electrons. The zero-order valence-corrected chi connectivity index (χ0v) is 13.6. The molecule has 0 saturated carbocycles. The van der Waals surface area contributed by atoms with Crippen molar-refractivity contribution in [2.45, 2.75) is 23.8 Å². The molecule has 1 amide bonds. The SMILES string of the molecule is COc1ccc(S(=O)(=O)N(C)C)cc1NC(=O)[C@H]1CCCO1. The van der Waals surface area contributed by atoms with Crippen LogP contribution < -0.4 is 10.1 Å². The van der Waals surface area contributed by atoms with E-state index in [1.165, 1.54) is 39.4 Å². The quantitative estimate of drug-likeness (QED) is 0.874. The zero-order valence-electron chi connectivity index (χ0n) is 12.8. The number of hydrogen-bond donors (Lipinski definition) is 1. The molecule has 0 radical (unpaired) electrons. The molecule has 0 bridgehead atoms. The number of nitrogens with zero attached hydrogens (tertiary/aromatic N) is 1. The normalized spacial score (nSPS) is 18.5. The predicted molar refractivity (Wildman–Crippen MR) is 81.5 cm³/mol. The van der Waals surface area contributed by atoms with E-state index in [0.717, 1.165) is 10.7 Å². The third-order valence-electron chi connectivity index (χ3n) is 3.43. The highest BCUT2D eigenvalue weighted by atomic mass is 32.2. The lowest BCUT2D eigenvalue weighted by Crippen LogP contribution is -2.27. The van der Waals surface area contributed by atoms with E-state index >= 15 is 0 Å². The van der Waals surface area contributed by atoms with Gasteiger partial charge in [0.2, 0.25) is 10.0 Å². The molecule has 1 aliphatic heterocycles. The first-order chi connectivity index (χ1) is 10.4. The molecule has 1 aromatic carbocycles. The Kier molecular flexibility index (Phi) is 5.05. The predicted octanol–water partition coefficient (Wildman–Crippen LogP) is 1.06. The highest BCUT2D eigenvalue weighted by Gasteiger charge is 2.25. The topological polar surface area (TPSA) is 84.9 Å². The van der Waals surface area contributed by atoms with Crippen LogP contribution in [-0.2, 0) is 19.6 Å². The summed E-state index contributed by atoms with van der Waals surface area (Å²) in [5.74, 6) is 0.0965. The molecule has 22 heavy (non-hydrogen) atoms. The average Bonchev–Trinajstić information content (AvgIpc) is 3.01. The van der Waals surface area contributed by atoms with Gasteiger partial charge in [0.1, 0.15) is 11.9 Å². The second kappa shape index (κ2) is 6.64. The van der Waals surface area contributed by atoms with E-state index in [2.05, 4.69) is 5.32 Å². The number of benzene rings is 1. The second-order valence-electron chi connectivity index (χ2n) is 5.14. The van der Waals surface area contributed by atoms with Gasteiger partial charge in [-0.15, -0.1) is 0 Å². The first-order valence-corrected chi connectivity index (χ1v) is 8.33. The monoisotopic (exact) mass is 328 g/mol. The lowest BCUT2D eigenvalue weighted by molar-refractivity contribution is -0.124. The van der Waals surface area contributed by atoms with Gasteiger partial charge in [0.15, 0.2) is 0 Å². The van der Waals surface area contributed by atoms with Crippen molar-refractivity contribution in [1.29, 1.82) is 0 Å². The van der Waals surface area contributed by atoms with Crippen LogP contribution in [-0.4, -0.2) is 52.5 Å². The van der Waals surface area contributed by atoms with Crippen LogP contribution in [0.15, 0.2) is 23.1 Å². The van der Waals surface area contributed by atoms with Crippen molar-refractivity contribution in [3.63, 3.8) is 0 Å². The third-order valence-corrected chi connectivity index (χ3v) is 5.24. The summed E-state index contributed by atoms with van der Waals surface area (Å²) in [4.78, 5) is 12.2. The van der Waals surface area contributed by atoms with Crippen molar-refractivity contribution in [1.82, 2.24) is 4.31 Å². The van der Waals surface area contributed by atoms with Crippen LogP contribution in [0.4, 0.5) is 5.69 Å². The van der Waals surface area contributed by atoms with Gasteiger partial charge in [0.05, 0.1) is 17.7 Å². The molecule has 2 rings (SSSR count). The van der Waals surface area contributed by atoms with Crippen LogP contribution in [0.1, 0.15) is 12.8 Å². The molecule has 8 heteroatoms. The summed E-state index contributed by atoms with van der Waals surface area (Å²) in [6, 6.07) is 4.35. The molecular weight excluding hydrogens is 308 g/mol. The summed E-state index contributed by atoms with van der Waals surface area (Å²) in [5, 5.41) is 2.68. The van der Waals surface area contributed by atoms with Crippen molar-refractivity contribution >= 4 is 21.6 Å². The van der Waals surface area contributed by atoms with Gasteiger partial charge >= 0.3 is 0 Å². The van der Waals surface area contributed by atoms with Crippen molar-refractivity contribution in [2.24, 2.45) is 0 Å². The molecule has 1 aliphatic rings. The fraction of sp³-hybridized carbons (Fsp3) is 0.500. The van der Waals surface area contributed by atoms with Crippen LogP contribution in [0.25, 0.3) is 0 Å². The Balaban J connectivity index is 2.30. The first kappa shape index (κ1) is 16.7. The first-order valence-electron chi connectivity index (χ1n) is 6.89. The minimum absolute atomic E-state index is 0.0842. The number of methoxy groups -OCH3 is 1. The van der Waals surface area contributed by atoms with Gasteiger partial charge in [-0.1, -0.05) is 0 Å². The van der Waals surface area contributed by atoms with E-state index in [0.29, 0.717) is 24.5 Å². The molecule has 1 atom stereocenters. The Morgan fingerprint density at radius 2 is 2.14 bits per heavy atom. The Morgan fingerprint density at radius 1 is 1.41 bits per heavy atom. The molecule has 0 aliphatic carbocycles. The number of anilines is 1. The molecule has 1 saturated heterocycles. The summed E-state index contributed by atoms with van der Waals surface area (Å²) in [7, 11) is 0.769. The van der Waals surface area contributed by atoms with E-state index in [9.17, 15) is 13.2 Å². The summed E-state index contributed by atoms with van der Waals surface area (Å²) >= 11 is 0. The molecule has 0 spiro atoms. The Labute approximate surface area is 130 Å². The fourth-order valence-corrected chi connectivity index (χ4v) is 3.08. The van der Waals surface area contributed by atoms with Crippen LogP contribution in [0.2, 0.25) is 0 Å². The highest BCUT2D eigenvalue weighted by molar-refractivity contribution is 7.89. The van der Waals surface area contributed by atoms with E-state index in [-0.39, 0.29) is 10.8 Å². The molecule has 1 fully saturated rings. The van der Waals surface area contributed by atoms with E-state index in [4.69, 9.17) is 9.47 Å². The maximum absolute atomic E-state index is 12.2. The number of hydrogen-bond acceptors (Lipinski definition) is 5. The molecule has 1 heterocycles. The van der Waals surface area contributed by atoms with Crippen LogP contribution >= 0.6 is 0 Å². The van der Waals surface area contributed by atoms with Gasteiger partial charge in [-0.2, -0.15) is 0 Å². The standard InChI is InChI=1S/C14H20N2O5S/c1-16(2)22(18,19)10-6-7-12(20-3)11(9-10)15-14(17)13-5-4-8-21-13/h6-7,9,13H,4-5,8H2,1-3H3,(H,15,17)/t13-/m1/s1. The molecule has 0 aromatic heterocycles. The minimum Gasteiger partial charge on any atom is -0.495 e. The number of rotatable bonds is 5. The fourth-order valence-electron chi connectivity index (χ4n) is 2.15. The smallest absolute Gasteiger partial charge is 0.253 e. The summed E-state index contributed by atoms with van der Waals surface area (Å²) in [5.41, 5.74) is 0.311. The Bertz CT molecular complexity index is 651. The number of carbonyl (C=O) groups is 1. The van der Waals surface area contributed by atoms with Crippen LogP contribution in [0, 0.1) is 0 Å². The molecule has 7 nitrogen and oxygen atoms in total. The third kappa shape index (κ3) is 3.40. The second-order valence-corrected chi connectivity index (χ2v) is 7.29. The summed E-state index contributed by atoms with van der Waals surface area (Å²) in [6.45, 7) is 0.560. The number of carbonyl (C=O) groups excluding carboxylic acids is 1. The van der Waals surface area contributed by atoms with Gasteiger partial charge in [-0.3, -0.25) is 4.79 Å².